The van der Waals surface area contributed by atoms with Crippen LogP contribution in [0, 0.1) is 11.8 Å². The van der Waals surface area contributed by atoms with Gasteiger partial charge in [0.05, 0.1) is 6.04 Å². The fraction of sp³-hybridized carbons (Fsp3) is 0.929. The van der Waals surface area contributed by atoms with Crippen LogP contribution in [0.5, 0.6) is 0 Å². The molecule has 2 aliphatic rings. The van der Waals surface area contributed by atoms with Gasteiger partial charge in [0.15, 0.2) is 0 Å². The highest BCUT2D eigenvalue weighted by molar-refractivity contribution is 5.81. The Balaban J connectivity index is 1.84. The molecule has 0 spiro atoms. The Hall–Kier alpha value is -0.570. The van der Waals surface area contributed by atoms with Gasteiger partial charge in [0.2, 0.25) is 5.91 Å². The zero-order valence-electron chi connectivity index (χ0n) is 11.4. The summed E-state index contributed by atoms with van der Waals surface area (Å²) in [7, 11) is 0. The minimum absolute atomic E-state index is 0.0146. The zero-order valence-corrected chi connectivity index (χ0v) is 11.4. The van der Waals surface area contributed by atoms with E-state index in [1.807, 2.05) is 25.7 Å². The molecule has 2 rings (SSSR count). The molecule has 2 fully saturated rings. The molecule has 1 amide bonds. The van der Waals surface area contributed by atoms with E-state index in [0.717, 1.165) is 24.9 Å². The largest absolute Gasteiger partial charge is 0.342 e. The number of likely N-dealkylation sites (N-methyl/N-ethyl adjacent to an activating group) is 1. The highest BCUT2D eigenvalue weighted by Crippen LogP contribution is 2.44. The number of hydrogen-bond donors (Lipinski definition) is 1. The maximum Gasteiger partial charge on any atom is 0.239 e. The Morgan fingerprint density at radius 1 is 1.29 bits per heavy atom. The first kappa shape index (κ1) is 12.9. The maximum absolute atomic E-state index is 12.2. The van der Waals surface area contributed by atoms with Gasteiger partial charge in [0.25, 0.3) is 0 Å². The predicted molar refractivity (Wildman–Crippen MR) is 69.8 cm³/mol. The summed E-state index contributed by atoms with van der Waals surface area (Å²) in [6, 6.07) is 0.586. The lowest BCUT2D eigenvalue weighted by Gasteiger charge is -2.29. The van der Waals surface area contributed by atoms with Gasteiger partial charge in [-0.2, -0.15) is 0 Å². The molecule has 2 bridgehead atoms. The SMILES string of the molecule is CCN(CC)C(=O)C(C)NC1CC2CCC1C2. The molecule has 0 heterocycles. The number of amides is 1. The quantitative estimate of drug-likeness (QED) is 0.795. The van der Waals surface area contributed by atoms with Gasteiger partial charge in [-0.1, -0.05) is 6.42 Å². The molecule has 0 radical (unpaired) electrons. The van der Waals surface area contributed by atoms with E-state index in [2.05, 4.69) is 5.32 Å². The third-order valence-electron chi connectivity index (χ3n) is 4.65. The first-order valence-corrected chi connectivity index (χ1v) is 7.20. The number of carbonyl (C=O) groups excluding carboxylic acids is 1. The number of fused-ring (bicyclic) bond motifs is 2. The van der Waals surface area contributed by atoms with E-state index < -0.39 is 0 Å². The van der Waals surface area contributed by atoms with Crippen LogP contribution in [0.25, 0.3) is 0 Å². The summed E-state index contributed by atoms with van der Waals surface area (Å²) < 4.78 is 0. The summed E-state index contributed by atoms with van der Waals surface area (Å²) in [5.41, 5.74) is 0. The third kappa shape index (κ3) is 2.65. The second-order valence-electron chi connectivity index (χ2n) is 5.68. The van der Waals surface area contributed by atoms with Crippen LogP contribution in [0.4, 0.5) is 0 Å². The van der Waals surface area contributed by atoms with Crippen LogP contribution in [0.1, 0.15) is 46.5 Å². The van der Waals surface area contributed by atoms with Crippen LogP contribution < -0.4 is 5.32 Å². The highest BCUT2D eigenvalue weighted by Gasteiger charge is 2.40. The molecule has 3 heteroatoms. The Labute approximate surface area is 105 Å². The second-order valence-corrected chi connectivity index (χ2v) is 5.68. The summed E-state index contributed by atoms with van der Waals surface area (Å²) in [4.78, 5) is 14.1. The molecule has 0 saturated heterocycles. The van der Waals surface area contributed by atoms with Crippen LogP contribution in [0.3, 0.4) is 0 Å². The smallest absolute Gasteiger partial charge is 0.239 e. The van der Waals surface area contributed by atoms with Crippen molar-refractivity contribution in [2.24, 2.45) is 11.8 Å². The van der Waals surface area contributed by atoms with E-state index in [-0.39, 0.29) is 11.9 Å². The minimum atomic E-state index is -0.0146. The van der Waals surface area contributed by atoms with Gasteiger partial charge in [-0.15, -0.1) is 0 Å². The zero-order chi connectivity index (χ0) is 12.4. The van der Waals surface area contributed by atoms with Crippen molar-refractivity contribution in [1.82, 2.24) is 10.2 Å². The number of nitrogens with zero attached hydrogens (tertiary/aromatic N) is 1. The number of hydrogen-bond acceptors (Lipinski definition) is 2. The van der Waals surface area contributed by atoms with Crippen LogP contribution >= 0.6 is 0 Å². The van der Waals surface area contributed by atoms with Crippen molar-refractivity contribution in [3.8, 4) is 0 Å². The summed E-state index contributed by atoms with van der Waals surface area (Å²) in [6.45, 7) is 7.75. The summed E-state index contributed by atoms with van der Waals surface area (Å²) in [6.07, 6.45) is 5.47. The van der Waals surface area contributed by atoms with Crippen molar-refractivity contribution in [1.29, 1.82) is 0 Å². The van der Waals surface area contributed by atoms with Crippen LogP contribution in [0.2, 0.25) is 0 Å². The van der Waals surface area contributed by atoms with E-state index in [4.69, 9.17) is 0 Å². The van der Waals surface area contributed by atoms with Crippen molar-refractivity contribution in [3.05, 3.63) is 0 Å². The third-order valence-corrected chi connectivity index (χ3v) is 4.65. The van der Waals surface area contributed by atoms with E-state index in [1.54, 1.807) is 0 Å². The van der Waals surface area contributed by atoms with Crippen molar-refractivity contribution in [2.45, 2.75) is 58.5 Å². The normalized spacial score (nSPS) is 32.8. The van der Waals surface area contributed by atoms with Crippen LogP contribution in [0.15, 0.2) is 0 Å². The molecule has 0 aromatic rings. The topological polar surface area (TPSA) is 32.3 Å². The highest BCUT2D eigenvalue weighted by atomic mass is 16.2. The van der Waals surface area contributed by atoms with Crippen LogP contribution in [-0.4, -0.2) is 36.0 Å². The van der Waals surface area contributed by atoms with Gasteiger partial charge in [-0.3, -0.25) is 4.79 Å². The molecule has 0 aromatic heterocycles. The summed E-state index contributed by atoms with van der Waals surface area (Å²) in [5.74, 6) is 2.04. The number of nitrogens with one attached hydrogen (secondary N) is 1. The maximum atomic E-state index is 12.2. The van der Waals surface area contributed by atoms with Gasteiger partial charge in [-0.05, 0) is 51.9 Å². The number of carbonyl (C=O) groups is 1. The monoisotopic (exact) mass is 238 g/mol. The lowest BCUT2D eigenvalue weighted by atomic mass is 9.95. The molecule has 4 atom stereocenters. The van der Waals surface area contributed by atoms with E-state index >= 15 is 0 Å². The minimum Gasteiger partial charge on any atom is -0.342 e. The molecule has 4 unspecified atom stereocenters. The molecule has 98 valence electrons. The van der Waals surface area contributed by atoms with Gasteiger partial charge in [0, 0.05) is 19.1 Å². The molecule has 3 nitrogen and oxygen atoms in total. The Kier molecular flexibility index (Phi) is 4.08. The van der Waals surface area contributed by atoms with Crippen LogP contribution in [-0.2, 0) is 4.79 Å². The van der Waals surface area contributed by atoms with Crippen molar-refractivity contribution in [2.75, 3.05) is 13.1 Å². The molecule has 1 N–H and O–H groups in total. The molecule has 2 saturated carbocycles. The first-order valence-electron chi connectivity index (χ1n) is 7.20. The average molecular weight is 238 g/mol. The molecule has 0 aliphatic heterocycles. The van der Waals surface area contributed by atoms with E-state index in [0.29, 0.717) is 6.04 Å². The number of rotatable bonds is 5. The Morgan fingerprint density at radius 2 is 2.00 bits per heavy atom. The average Bonchev–Trinajstić information content (AvgIpc) is 2.92. The van der Waals surface area contributed by atoms with Gasteiger partial charge in [-0.25, -0.2) is 0 Å². The predicted octanol–water partition coefficient (Wildman–Crippen LogP) is 2.02. The van der Waals surface area contributed by atoms with Gasteiger partial charge in [0.1, 0.15) is 0 Å². The van der Waals surface area contributed by atoms with Gasteiger partial charge < -0.3 is 10.2 Å². The second kappa shape index (κ2) is 5.38. The van der Waals surface area contributed by atoms with Gasteiger partial charge >= 0.3 is 0 Å². The molecular weight excluding hydrogens is 212 g/mol. The Morgan fingerprint density at radius 3 is 2.47 bits per heavy atom. The molecule has 0 aromatic carbocycles. The van der Waals surface area contributed by atoms with Crippen molar-refractivity contribution < 1.29 is 4.79 Å². The Bertz CT molecular complexity index is 275. The standard InChI is InChI=1S/C14H26N2O/c1-4-16(5-2)14(17)10(3)15-13-9-11-6-7-12(13)8-11/h10-13,15H,4-9H2,1-3H3. The molecule has 17 heavy (non-hydrogen) atoms. The fourth-order valence-corrected chi connectivity index (χ4v) is 3.65. The lowest BCUT2D eigenvalue weighted by molar-refractivity contribution is -0.132. The lowest BCUT2D eigenvalue weighted by Crippen LogP contribution is -2.49. The summed E-state index contributed by atoms with van der Waals surface area (Å²) >= 11 is 0. The van der Waals surface area contributed by atoms with Crippen molar-refractivity contribution >= 4 is 5.91 Å². The summed E-state index contributed by atoms with van der Waals surface area (Å²) in [5, 5.41) is 3.57. The van der Waals surface area contributed by atoms with E-state index in [9.17, 15) is 4.79 Å². The van der Waals surface area contributed by atoms with Crippen molar-refractivity contribution in [3.63, 3.8) is 0 Å². The fourth-order valence-electron chi connectivity index (χ4n) is 3.65. The van der Waals surface area contributed by atoms with E-state index in [1.165, 1.54) is 25.7 Å². The molecular formula is C14H26N2O. The first-order chi connectivity index (χ1) is 8.15. The molecule has 2 aliphatic carbocycles.